The molecular weight excluding hydrogens is 242 g/mol. The van der Waals surface area contributed by atoms with Crippen molar-refractivity contribution in [2.24, 2.45) is 5.73 Å². The van der Waals surface area contributed by atoms with Gasteiger partial charge in [0, 0.05) is 31.3 Å². The third-order valence-electron chi connectivity index (χ3n) is 2.46. The van der Waals surface area contributed by atoms with Gasteiger partial charge >= 0.3 is 0 Å². The fourth-order valence-electron chi connectivity index (χ4n) is 1.35. The number of nitrogens with zero attached hydrogens (tertiary/aromatic N) is 4. The molecule has 5 nitrogen and oxygen atoms in total. The minimum Gasteiger partial charge on any atom is -0.365 e. The predicted molar refractivity (Wildman–Crippen MR) is 76.9 cm³/mol. The van der Waals surface area contributed by atoms with Gasteiger partial charge in [0.05, 0.1) is 12.7 Å². The maximum Gasteiger partial charge on any atom is 0.154 e. The minimum absolute atomic E-state index is 0.748. The molecule has 2 N–H and O–H groups in total. The first kappa shape index (κ1) is 14.7. The number of aryl methyl sites for hydroxylation is 1. The van der Waals surface area contributed by atoms with Crippen molar-refractivity contribution in [1.29, 1.82) is 0 Å². The minimum atomic E-state index is -1.13. The summed E-state index contributed by atoms with van der Waals surface area (Å²) in [7, 11) is -1.13. The largest absolute Gasteiger partial charge is 0.365 e. The Labute approximate surface area is 110 Å². The van der Waals surface area contributed by atoms with Crippen molar-refractivity contribution in [3.63, 3.8) is 0 Å². The van der Waals surface area contributed by atoms with Crippen LogP contribution in [0.15, 0.2) is 37.4 Å². The molecule has 18 heavy (non-hydrogen) atoms. The summed E-state index contributed by atoms with van der Waals surface area (Å²) in [6, 6.07) is 0. The van der Waals surface area contributed by atoms with Gasteiger partial charge in [0.15, 0.2) is 8.24 Å². The molecule has 6 heteroatoms. The van der Waals surface area contributed by atoms with Crippen molar-refractivity contribution in [3.05, 3.63) is 37.4 Å². The van der Waals surface area contributed by atoms with Crippen LogP contribution in [0, 0.1) is 0 Å². The van der Waals surface area contributed by atoms with Gasteiger partial charge in [-0.2, -0.15) is 0 Å². The van der Waals surface area contributed by atoms with E-state index in [9.17, 15) is 0 Å². The van der Waals surface area contributed by atoms with Crippen LogP contribution in [0.1, 0.15) is 6.42 Å². The molecule has 2 aromatic rings. The van der Waals surface area contributed by atoms with E-state index in [4.69, 9.17) is 5.73 Å². The summed E-state index contributed by atoms with van der Waals surface area (Å²) < 4.78 is 4.24. The third kappa shape index (κ3) is 5.28. The van der Waals surface area contributed by atoms with Crippen LogP contribution in [0.25, 0.3) is 0 Å². The van der Waals surface area contributed by atoms with Gasteiger partial charge in [0.25, 0.3) is 0 Å². The highest BCUT2D eigenvalue weighted by Crippen LogP contribution is 2.03. The molecule has 100 valence electrons. The van der Waals surface area contributed by atoms with Crippen molar-refractivity contribution in [3.8, 4) is 0 Å². The first-order valence-corrected chi connectivity index (χ1v) is 9.63. The highest BCUT2D eigenvalue weighted by molar-refractivity contribution is 6.74. The topological polar surface area (TPSA) is 61.7 Å². The summed E-state index contributed by atoms with van der Waals surface area (Å²) in [4.78, 5) is 7.88. The second kappa shape index (κ2) is 7.12. The summed E-state index contributed by atoms with van der Waals surface area (Å²) >= 11 is 0. The lowest BCUT2D eigenvalue weighted by atomic mass is 10.4. The Morgan fingerprint density at radius 3 is 2.11 bits per heavy atom. The van der Waals surface area contributed by atoms with Crippen molar-refractivity contribution in [2.45, 2.75) is 32.6 Å². The zero-order valence-corrected chi connectivity index (χ0v) is 12.5. The number of aromatic nitrogens is 4. The fourth-order valence-corrected chi connectivity index (χ4v) is 2.28. The van der Waals surface area contributed by atoms with Crippen LogP contribution < -0.4 is 5.73 Å². The SMILES string of the molecule is C[Si](C)(C)n1ccnc1.NCCCn1ccnc1. The van der Waals surface area contributed by atoms with Crippen molar-refractivity contribution >= 4 is 8.24 Å². The fraction of sp³-hybridized carbons (Fsp3) is 0.500. The van der Waals surface area contributed by atoms with E-state index in [1.165, 1.54) is 0 Å². The maximum atomic E-state index is 5.31. The lowest BCUT2D eigenvalue weighted by Crippen LogP contribution is -2.30. The van der Waals surface area contributed by atoms with E-state index in [-0.39, 0.29) is 0 Å². The summed E-state index contributed by atoms with van der Waals surface area (Å²) in [5, 5.41) is 0. The van der Waals surface area contributed by atoms with Crippen molar-refractivity contribution in [1.82, 2.24) is 18.8 Å². The number of hydrogen-bond acceptors (Lipinski definition) is 3. The zero-order valence-electron chi connectivity index (χ0n) is 11.5. The molecule has 0 aliphatic carbocycles. The Kier molecular flexibility index (Phi) is 5.80. The third-order valence-corrected chi connectivity index (χ3v) is 4.27. The molecule has 0 aliphatic heterocycles. The Hall–Kier alpha value is -1.40. The van der Waals surface area contributed by atoms with Crippen LogP contribution in [-0.2, 0) is 6.54 Å². The second-order valence-corrected chi connectivity index (χ2v) is 9.94. The first-order valence-electron chi connectivity index (χ1n) is 6.18. The molecule has 0 radical (unpaired) electrons. The molecule has 0 spiro atoms. The van der Waals surface area contributed by atoms with Gasteiger partial charge < -0.3 is 14.5 Å². The predicted octanol–water partition coefficient (Wildman–Crippen LogP) is 1.80. The highest BCUT2D eigenvalue weighted by Gasteiger charge is 2.13. The van der Waals surface area contributed by atoms with E-state index < -0.39 is 8.24 Å². The van der Waals surface area contributed by atoms with E-state index in [1.807, 2.05) is 29.5 Å². The van der Waals surface area contributed by atoms with Crippen LogP contribution >= 0.6 is 0 Å². The normalized spacial score (nSPS) is 10.9. The Balaban J connectivity index is 0.000000180. The van der Waals surface area contributed by atoms with Gasteiger partial charge in [0.2, 0.25) is 0 Å². The van der Waals surface area contributed by atoms with Crippen molar-refractivity contribution in [2.75, 3.05) is 6.54 Å². The van der Waals surface area contributed by atoms with E-state index in [0.29, 0.717) is 0 Å². The molecule has 2 heterocycles. The lowest BCUT2D eigenvalue weighted by Gasteiger charge is -2.16. The Morgan fingerprint density at radius 2 is 1.72 bits per heavy atom. The molecule has 0 saturated heterocycles. The van der Waals surface area contributed by atoms with Gasteiger partial charge in [-0.15, -0.1) is 0 Å². The molecule has 0 amide bonds. The van der Waals surface area contributed by atoms with Gasteiger partial charge in [-0.25, -0.2) is 9.97 Å². The Morgan fingerprint density at radius 1 is 1.06 bits per heavy atom. The number of nitrogens with two attached hydrogens (primary N) is 1. The van der Waals surface area contributed by atoms with Crippen LogP contribution in [0.5, 0.6) is 0 Å². The quantitative estimate of drug-likeness (QED) is 0.857. The molecule has 0 fully saturated rings. The maximum absolute atomic E-state index is 5.31. The van der Waals surface area contributed by atoms with Crippen molar-refractivity contribution < 1.29 is 0 Å². The van der Waals surface area contributed by atoms with E-state index in [2.05, 4.69) is 33.8 Å². The molecule has 0 unspecified atom stereocenters. The van der Waals surface area contributed by atoms with Crippen LogP contribution in [0.4, 0.5) is 0 Å². The molecular formula is C12H23N5Si. The van der Waals surface area contributed by atoms with Crippen LogP contribution in [0.3, 0.4) is 0 Å². The highest BCUT2D eigenvalue weighted by atomic mass is 28.3. The second-order valence-electron chi connectivity index (χ2n) is 5.08. The van der Waals surface area contributed by atoms with E-state index >= 15 is 0 Å². The summed E-state index contributed by atoms with van der Waals surface area (Å²) in [5.41, 5.74) is 5.31. The average molecular weight is 265 g/mol. The molecule has 0 saturated carbocycles. The smallest absolute Gasteiger partial charge is 0.154 e. The number of rotatable bonds is 4. The molecule has 0 aromatic carbocycles. The average Bonchev–Trinajstić information content (AvgIpc) is 2.99. The molecule has 0 atom stereocenters. The monoisotopic (exact) mass is 265 g/mol. The van der Waals surface area contributed by atoms with Gasteiger partial charge in [-0.1, -0.05) is 19.6 Å². The number of imidazole rings is 2. The van der Waals surface area contributed by atoms with Gasteiger partial charge in [-0.3, -0.25) is 0 Å². The van der Waals surface area contributed by atoms with Gasteiger partial charge in [-0.05, 0) is 13.0 Å². The summed E-state index contributed by atoms with van der Waals surface area (Å²) in [5.74, 6) is 0. The first-order chi connectivity index (χ1) is 8.54. The summed E-state index contributed by atoms with van der Waals surface area (Å²) in [6.07, 6.45) is 12.3. The molecule has 2 aromatic heterocycles. The lowest BCUT2D eigenvalue weighted by molar-refractivity contribution is 0.650. The zero-order chi connectivity index (χ0) is 13.4. The van der Waals surface area contributed by atoms with E-state index in [0.717, 1.165) is 19.5 Å². The van der Waals surface area contributed by atoms with E-state index in [1.54, 1.807) is 12.5 Å². The summed E-state index contributed by atoms with van der Waals surface area (Å²) in [6.45, 7) is 8.59. The van der Waals surface area contributed by atoms with Crippen LogP contribution in [0.2, 0.25) is 19.6 Å². The molecule has 0 aliphatic rings. The molecule has 0 bridgehead atoms. The van der Waals surface area contributed by atoms with Crippen LogP contribution in [-0.4, -0.2) is 33.5 Å². The Bertz CT molecular complexity index is 402. The van der Waals surface area contributed by atoms with Gasteiger partial charge in [0.1, 0.15) is 0 Å². The standard InChI is InChI=1S/C6H11N3.C6H12N2Si/c7-2-1-4-9-5-3-8-6-9;1-9(2,3)8-5-4-7-6-8/h3,5-6H,1-2,4,7H2;4-6H,1-3H3. The number of hydrogen-bond donors (Lipinski definition) is 1. The molecule has 2 rings (SSSR count).